The largest absolute Gasteiger partial charge is 0.308 e. The third-order valence-corrected chi connectivity index (χ3v) is 11.9. The van der Waals surface area contributed by atoms with Gasteiger partial charge in [-0.1, -0.05) is 135 Å². The summed E-state index contributed by atoms with van der Waals surface area (Å²) in [5, 5.41) is 12.7. The summed E-state index contributed by atoms with van der Waals surface area (Å²) < 4.78 is 4.39. The molecular formula is C50H33N5. The van der Waals surface area contributed by atoms with Crippen LogP contribution in [0.2, 0.25) is 0 Å². The van der Waals surface area contributed by atoms with E-state index < -0.39 is 0 Å². The summed E-state index contributed by atoms with van der Waals surface area (Å²) in [6.07, 6.45) is 0. The van der Waals surface area contributed by atoms with Gasteiger partial charge in [0, 0.05) is 27.3 Å². The molecule has 11 aromatic rings. The van der Waals surface area contributed by atoms with Gasteiger partial charge in [-0.2, -0.15) is 0 Å². The zero-order chi connectivity index (χ0) is 36.4. The Labute approximate surface area is 316 Å². The number of hydrogen-bond donors (Lipinski definition) is 0. The highest BCUT2D eigenvalue weighted by Gasteiger charge is 2.35. The van der Waals surface area contributed by atoms with E-state index in [2.05, 4.69) is 170 Å². The van der Waals surface area contributed by atoms with Crippen LogP contribution in [0.3, 0.4) is 0 Å². The Morgan fingerprint density at radius 3 is 1.87 bits per heavy atom. The number of para-hydroxylation sites is 3. The van der Waals surface area contributed by atoms with Crippen LogP contribution in [0.25, 0.3) is 99.5 Å². The van der Waals surface area contributed by atoms with Gasteiger partial charge in [-0.05, 0) is 86.3 Å². The molecule has 12 rings (SSSR count). The molecule has 0 aliphatic heterocycles. The van der Waals surface area contributed by atoms with Gasteiger partial charge in [0.25, 0.3) is 0 Å². The molecule has 258 valence electrons. The zero-order valence-corrected chi connectivity index (χ0v) is 30.3. The molecule has 55 heavy (non-hydrogen) atoms. The van der Waals surface area contributed by atoms with Crippen LogP contribution < -0.4 is 0 Å². The van der Waals surface area contributed by atoms with Crippen molar-refractivity contribution < 1.29 is 0 Å². The molecule has 3 heterocycles. The van der Waals surface area contributed by atoms with E-state index in [9.17, 15) is 0 Å². The molecule has 0 amide bonds. The summed E-state index contributed by atoms with van der Waals surface area (Å²) >= 11 is 0. The maximum Gasteiger partial charge on any atom is 0.184 e. The summed E-state index contributed by atoms with van der Waals surface area (Å²) in [6, 6.07) is 58.7. The predicted molar refractivity (Wildman–Crippen MR) is 226 cm³/mol. The lowest BCUT2D eigenvalue weighted by Gasteiger charge is -2.21. The Kier molecular flexibility index (Phi) is 6.05. The van der Waals surface area contributed by atoms with Crippen molar-refractivity contribution in [2.24, 2.45) is 0 Å². The second kappa shape index (κ2) is 11.0. The van der Waals surface area contributed by atoms with Gasteiger partial charge in [-0.3, -0.25) is 0 Å². The first-order valence-corrected chi connectivity index (χ1v) is 18.9. The van der Waals surface area contributed by atoms with E-state index in [0.717, 1.165) is 50.2 Å². The highest BCUT2D eigenvalue weighted by Crippen LogP contribution is 2.50. The minimum absolute atomic E-state index is 0.0757. The number of fused-ring (bicyclic) bond motifs is 13. The van der Waals surface area contributed by atoms with Crippen LogP contribution in [-0.4, -0.2) is 24.1 Å². The topological polar surface area (TPSA) is 48.0 Å². The molecule has 1 aliphatic rings. The molecule has 0 N–H and O–H groups in total. The Morgan fingerprint density at radius 1 is 0.491 bits per heavy atom. The molecule has 0 unspecified atom stereocenters. The van der Waals surface area contributed by atoms with Crippen molar-refractivity contribution in [1.82, 2.24) is 24.1 Å². The average molecular weight is 704 g/mol. The van der Waals surface area contributed by atoms with Gasteiger partial charge in [-0.25, -0.2) is 14.5 Å². The van der Waals surface area contributed by atoms with Gasteiger partial charge in [0.1, 0.15) is 5.69 Å². The van der Waals surface area contributed by atoms with Crippen molar-refractivity contribution in [3.05, 3.63) is 175 Å². The maximum absolute atomic E-state index is 5.38. The number of aromatic nitrogens is 5. The van der Waals surface area contributed by atoms with Crippen LogP contribution in [-0.2, 0) is 5.41 Å². The Balaban J connectivity index is 1.13. The second-order valence-electron chi connectivity index (χ2n) is 15.3. The highest BCUT2D eigenvalue weighted by molar-refractivity contribution is 6.28. The first kappa shape index (κ1) is 30.4. The minimum Gasteiger partial charge on any atom is -0.308 e. The smallest absolute Gasteiger partial charge is 0.184 e. The van der Waals surface area contributed by atoms with E-state index in [4.69, 9.17) is 15.1 Å². The standard InChI is InChI=1S/C50H33N5/c1-50(2)38-19-9-7-17-35(38)37-29-32(23-26-39(37)50)47-49-52-48(53-55(49)42-22-12-10-20-40(42)51-47)36-18-8-11-21-41(36)54-43-27-24-30-13-3-5-15-33(30)45(43)46-34-16-6-4-14-31(34)25-28-44(46)54/h3-29H,1-2H3. The zero-order valence-electron chi connectivity index (χ0n) is 30.3. The molecule has 0 saturated carbocycles. The SMILES string of the molecule is CC1(C)c2ccccc2-c2cc(-c3nc4ccccc4n4nc(-c5ccccc5-n5c6ccc7ccccc7c6c6c7ccccc7ccc65)nc34)ccc21. The number of rotatable bonds is 3. The molecule has 1 aliphatic carbocycles. The molecule has 0 spiro atoms. The lowest BCUT2D eigenvalue weighted by atomic mass is 9.82. The van der Waals surface area contributed by atoms with E-state index in [1.807, 2.05) is 16.6 Å². The van der Waals surface area contributed by atoms with E-state index >= 15 is 0 Å². The van der Waals surface area contributed by atoms with Gasteiger partial charge < -0.3 is 4.57 Å². The molecule has 8 aromatic carbocycles. The van der Waals surface area contributed by atoms with Crippen molar-refractivity contribution in [3.63, 3.8) is 0 Å². The van der Waals surface area contributed by atoms with Crippen molar-refractivity contribution in [2.45, 2.75) is 19.3 Å². The monoisotopic (exact) mass is 703 g/mol. The molecule has 0 radical (unpaired) electrons. The van der Waals surface area contributed by atoms with Gasteiger partial charge in [0.05, 0.1) is 27.8 Å². The molecule has 0 atom stereocenters. The van der Waals surface area contributed by atoms with Crippen LogP contribution in [0.1, 0.15) is 25.0 Å². The third kappa shape index (κ3) is 4.15. The Hall–Kier alpha value is -7.11. The lowest BCUT2D eigenvalue weighted by Crippen LogP contribution is -2.14. The number of benzene rings is 8. The van der Waals surface area contributed by atoms with Crippen LogP contribution in [0, 0.1) is 0 Å². The molecule has 5 nitrogen and oxygen atoms in total. The molecule has 0 saturated heterocycles. The average Bonchev–Trinajstić information content (AvgIpc) is 3.90. The first-order valence-electron chi connectivity index (χ1n) is 18.9. The summed E-state index contributed by atoms with van der Waals surface area (Å²) in [7, 11) is 0. The summed E-state index contributed by atoms with van der Waals surface area (Å²) in [6.45, 7) is 4.63. The minimum atomic E-state index is -0.0757. The van der Waals surface area contributed by atoms with E-state index in [-0.39, 0.29) is 5.41 Å². The maximum atomic E-state index is 5.38. The van der Waals surface area contributed by atoms with Crippen LogP contribution in [0.5, 0.6) is 0 Å². The van der Waals surface area contributed by atoms with Crippen molar-refractivity contribution in [3.8, 4) is 39.5 Å². The van der Waals surface area contributed by atoms with Crippen molar-refractivity contribution in [1.29, 1.82) is 0 Å². The molecule has 0 bridgehead atoms. The molecule has 3 aromatic heterocycles. The fourth-order valence-electron chi connectivity index (χ4n) is 9.38. The van der Waals surface area contributed by atoms with Crippen LogP contribution in [0.4, 0.5) is 0 Å². The van der Waals surface area contributed by atoms with Crippen molar-refractivity contribution >= 4 is 60.0 Å². The molecule has 5 heteroatoms. The highest BCUT2D eigenvalue weighted by atomic mass is 15.3. The molecular weight excluding hydrogens is 671 g/mol. The van der Waals surface area contributed by atoms with E-state index in [1.165, 1.54) is 54.6 Å². The Bertz CT molecular complexity index is 3330. The van der Waals surface area contributed by atoms with Crippen molar-refractivity contribution in [2.75, 3.05) is 0 Å². The van der Waals surface area contributed by atoms with Gasteiger partial charge in [0.15, 0.2) is 11.5 Å². The number of nitrogens with zero attached hydrogens (tertiary/aromatic N) is 5. The lowest BCUT2D eigenvalue weighted by molar-refractivity contribution is 0.660. The van der Waals surface area contributed by atoms with Crippen LogP contribution >= 0.6 is 0 Å². The Morgan fingerprint density at radius 2 is 1.11 bits per heavy atom. The first-order chi connectivity index (χ1) is 27.0. The third-order valence-electron chi connectivity index (χ3n) is 11.9. The quantitative estimate of drug-likeness (QED) is 0.184. The second-order valence-corrected chi connectivity index (χ2v) is 15.3. The van der Waals surface area contributed by atoms with E-state index in [0.29, 0.717) is 5.82 Å². The fourth-order valence-corrected chi connectivity index (χ4v) is 9.38. The summed E-state index contributed by atoms with van der Waals surface area (Å²) in [4.78, 5) is 10.7. The fraction of sp³-hybridized carbons (Fsp3) is 0.0600. The van der Waals surface area contributed by atoms with Gasteiger partial charge in [0.2, 0.25) is 0 Å². The van der Waals surface area contributed by atoms with Gasteiger partial charge >= 0.3 is 0 Å². The normalized spacial score (nSPS) is 13.4. The summed E-state index contributed by atoms with van der Waals surface area (Å²) in [5.74, 6) is 0.652. The number of hydrogen-bond acceptors (Lipinski definition) is 3. The summed E-state index contributed by atoms with van der Waals surface area (Å²) in [5.41, 5.74) is 13.8. The van der Waals surface area contributed by atoms with Gasteiger partial charge in [-0.15, -0.1) is 5.10 Å². The van der Waals surface area contributed by atoms with Crippen LogP contribution in [0.15, 0.2) is 164 Å². The predicted octanol–water partition coefficient (Wildman–Crippen LogP) is 12.3. The van der Waals surface area contributed by atoms with E-state index in [1.54, 1.807) is 0 Å². The molecule has 0 fully saturated rings.